The lowest BCUT2D eigenvalue weighted by molar-refractivity contribution is 1.23. The highest BCUT2D eigenvalue weighted by Crippen LogP contribution is 2.42. The summed E-state index contributed by atoms with van der Waals surface area (Å²) >= 11 is 1.84. The SMILES string of the molecule is C=C(/C=C\c1sc2ccc(-c3cccc(N4c5ccccc5[Si](c5ccccc5)(c5ccccc5)c5ccccc54)c3)cc2c1C)N1c2ccccc2[Si](c2ccccc2)(c2ccccc2)c2ccccc21. The van der Waals surface area contributed by atoms with Gasteiger partial charge in [-0.15, -0.1) is 11.3 Å². The first kappa shape index (κ1) is 43.7. The summed E-state index contributed by atoms with van der Waals surface area (Å²) in [5, 5.41) is 12.3. The maximum Gasteiger partial charge on any atom is 0.184 e. The second-order valence-corrected chi connectivity index (χ2v) is 27.4. The summed E-state index contributed by atoms with van der Waals surface area (Å²) in [6.07, 6.45) is 4.50. The second kappa shape index (κ2) is 17.8. The number of rotatable bonds is 9. The Morgan fingerprint density at radius 2 is 0.819 bits per heavy atom. The van der Waals surface area contributed by atoms with Crippen LogP contribution in [-0.4, -0.2) is 16.1 Å². The van der Waals surface area contributed by atoms with E-state index in [0.29, 0.717) is 0 Å². The van der Waals surface area contributed by atoms with Crippen LogP contribution in [0.4, 0.5) is 28.4 Å². The number of benzene rings is 10. The highest BCUT2D eigenvalue weighted by atomic mass is 32.1. The molecule has 10 aromatic carbocycles. The van der Waals surface area contributed by atoms with E-state index in [4.69, 9.17) is 6.58 Å². The van der Waals surface area contributed by atoms with Gasteiger partial charge in [-0.25, -0.2) is 0 Å². The van der Waals surface area contributed by atoms with E-state index < -0.39 is 16.1 Å². The molecule has 0 saturated heterocycles. The average molecular weight is 971 g/mol. The fraction of sp³-hybridized carbons (Fsp3) is 0.0149. The van der Waals surface area contributed by atoms with Crippen LogP contribution in [0.15, 0.2) is 279 Å². The monoisotopic (exact) mass is 970 g/mol. The van der Waals surface area contributed by atoms with E-state index in [1.165, 1.54) is 95.9 Å². The van der Waals surface area contributed by atoms with Crippen molar-refractivity contribution in [2.75, 3.05) is 9.80 Å². The minimum absolute atomic E-state index is 0.932. The highest BCUT2D eigenvalue weighted by molar-refractivity contribution is 7.22. The smallest absolute Gasteiger partial charge is 0.184 e. The Hall–Kier alpha value is -8.33. The number of allylic oxidation sites excluding steroid dienone is 1. The van der Waals surface area contributed by atoms with Crippen LogP contribution in [0.1, 0.15) is 10.4 Å². The molecule has 11 aromatic rings. The number of fused-ring (bicyclic) bond motifs is 5. The van der Waals surface area contributed by atoms with Crippen molar-refractivity contribution in [3.63, 3.8) is 0 Å². The van der Waals surface area contributed by atoms with Crippen molar-refractivity contribution in [3.05, 3.63) is 290 Å². The van der Waals surface area contributed by atoms with Gasteiger partial charge in [0.25, 0.3) is 0 Å². The number of thiophene rings is 1. The van der Waals surface area contributed by atoms with Crippen molar-refractivity contribution in [2.24, 2.45) is 0 Å². The Morgan fingerprint density at radius 3 is 1.29 bits per heavy atom. The van der Waals surface area contributed by atoms with Gasteiger partial charge in [0.2, 0.25) is 0 Å². The van der Waals surface area contributed by atoms with Crippen molar-refractivity contribution in [1.29, 1.82) is 0 Å². The number of nitrogens with zero attached hydrogens (tertiary/aromatic N) is 2. The fourth-order valence-corrected chi connectivity index (χ4v) is 23.4. The standard InChI is InChI=1S/C67H50N2SSi2/c1-48(68-58-34-15-19-38-64(58)71(53-26-7-3-8-27-53,54-28-9-4-10-29-54)65-39-20-16-35-59(65)68)42-44-62-49(2)57-47-51(43-45-63(57)70-62)50-24-23-25-52(46-50)69-60-36-17-21-40-66(60)72(55-30-11-5-12-31-55,56-32-13-6-14-33-56)67-41-22-18-37-61(67)69/h3-47H,1H2,2H3/b44-42-. The summed E-state index contributed by atoms with van der Waals surface area (Å²) in [7, 11) is -5.40. The van der Waals surface area contributed by atoms with Crippen molar-refractivity contribution in [1.82, 2.24) is 0 Å². The van der Waals surface area contributed by atoms with Gasteiger partial charge >= 0.3 is 0 Å². The van der Waals surface area contributed by atoms with Crippen LogP contribution in [0.3, 0.4) is 0 Å². The number of hydrogen-bond acceptors (Lipinski definition) is 3. The van der Waals surface area contributed by atoms with Crippen molar-refractivity contribution in [3.8, 4) is 11.1 Å². The Morgan fingerprint density at radius 1 is 0.417 bits per heavy atom. The third-order valence-corrected chi connectivity index (χ3v) is 26.1. The number of anilines is 5. The molecule has 13 rings (SSSR count). The summed E-state index contributed by atoms with van der Waals surface area (Å²) in [6.45, 7) is 7.06. The Bertz CT molecular complexity index is 3690. The van der Waals surface area contributed by atoms with Gasteiger partial charge in [0.15, 0.2) is 16.1 Å². The lowest BCUT2D eigenvalue weighted by atomic mass is 10.0. The van der Waals surface area contributed by atoms with E-state index in [1.807, 2.05) is 11.3 Å². The zero-order chi connectivity index (χ0) is 48.2. The third-order valence-electron chi connectivity index (χ3n) is 15.1. The zero-order valence-corrected chi connectivity index (χ0v) is 42.8. The lowest BCUT2D eigenvalue weighted by Crippen LogP contribution is -2.77. The van der Waals surface area contributed by atoms with Gasteiger partial charge in [-0.3, -0.25) is 0 Å². The largest absolute Gasteiger partial charge is 0.311 e. The summed E-state index contributed by atoms with van der Waals surface area (Å²) < 4.78 is 1.27. The number of para-hydroxylation sites is 4. The van der Waals surface area contributed by atoms with E-state index in [-0.39, 0.29) is 0 Å². The van der Waals surface area contributed by atoms with Crippen LogP contribution in [-0.2, 0) is 0 Å². The molecule has 0 fully saturated rings. The molecule has 0 aliphatic carbocycles. The summed E-state index contributed by atoms with van der Waals surface area (Å²) in [5.74, 6) is 0. The Balaban J connectivity index is 0.861. The molecule has 2 nitrogen and oxygen atoms in total. The van der Waals surface area contributed by atoms with Gasteiger partial charge in [0.05, 0.1) is 0 Å². The molecular formula is C67H50N2SSi2. The molecule has 0 saturated carbocycles. The van der Waals surface area contributed by atoms with Gasteiger partial charge in [-0.05, 0) is 131 Å². The molecule has 0 N–H and O–H groups in total. The number of aryl methyl sites for hydroxylation is 1. The lowest BCUT2D eigenvalue weighted by Gasteiger charge is -2.45. The second-order valence-electron chi connectivity index (χ2n) is 18.9. The molecule has 342 valence electrons. The highest BCUT2D eigenvalue weighted by Gasteiger charge is 2.50. The topological polar surface area (TPSA) is 6.48 Å². The van der Waals surface area contributed by atoms with E-state index in [1.54, 1.807) is 0 Å². The molecule has 0 atom stereocenters. The van der Waals surface area contributed by atoms with E-state index in [0.717, 1.165) is 11.4 Å². The first-order valence-electron chi connectivity index (χ1n) is 24.8. The van der Waals surface area contributed by atoms with Crippen LogP contribution in [0, 0.1) is 6.92 Å². The molecule has 3 heterocycles. The molecule has 2 aliphatic heterocycles. The van der Waals surface area contributed by atoms with Crippen LogP contribution < -0.4 is 51.3 Å². The van der Waals surface area contributed by atoms with Crippen LogP contribution in [0.2, 0.25) is 0 Å². The molecule has 0 unspecified atom stereocenters. The van der Waals surface area contributed by atoms with Crippen LogP contribution >= 0.6 is 11.3 Å². The van der Waals surface area contributed by atoms with Crippen molar-refractivity contribution in [2.45, 2.75) is 6.92 Å². The molecule has 2 aliphatic rings. The van der Waals surface area contributed by atoms with E-state index in [9.17, 15) is 0 Å². The molecular weight excluding hydrogens is 921 g/mol. The van der Waals surface area contributed by atoms with Crippen LogP contribution in [0.25, 0.3) is 27.3 Å². The Labute approximate surface area is 428 Å². The van der Waals surface area contributed by atoms with Crippen molar-refractivity contribution < 1.29 is 0 Å². The predicted octanol–water partition coefficient (Wildman–Crippen LogP) is 12.1. The van der Waals surface area contributed by atoms with Crippen molar-refractivity contribution >= 4 is 114 Å². The summed E-state index contributed by atoms with van der Waals surface area (Å²) in [5.41, 5.74) is 10.6. The molecule has 72 heavy (non-hydrogen) atoms. The molecule has 1 aromatic heterocycles. The minimum atomic E-state index is -2.70. The van der Waals surface area contributed by atoms with Crippen LogP contribution in [0.5, 0.6) is 0 Å². The zero-order valence-electron chi connectivity index (χ0n) is 40.0. The fourth-order valence-electron chi connectivity index (χ4n) is 12.1. The van der Waals surface area contributed by atoms with Gasteiger partial charge in [0, 0.05) is 43.7 Å². The average Bonchev–Trinajstić information content (AvgIpc) is 3.77. The normalized spacial score (nSPS) is 14.1. The molecule has 0 bridgehead atoms. The summed E-state index contributed by atoms with van der Waals surface area (Å²) in [6, 6.07) is 97.2. The first-order valence-corrected chi connectivity index (χ1v) is 29.6. The van der Waals surface area contributed by atoms with Gasteiger partial charge in [-0.2, -0.15) is 0 Å². The maximum atomic E-state index is 4.79. The number of hydrogen-bond donors (Lipinski definition) is 0. The molecule has 5 heteroatoms. The molecule has 0 radical (unpaired) electrons. The van der Waals surface area contributed by atoms with E-state index in [2.05, 4.69) is 290 Å². The third kappa shape index (κ3) is 6.73. The maximum absolute atomic E-state index is 4.79. The van der Waals surface area contributed by atoms with E-state index >= 15 is 0 Å². The first-order chi connectivity index (χ1) is 35.6. The Kier molecular flexibility index (Phi) is 10.8. The molecule has 0 amide bonds. The quantitative estimate of drug-likeness (QED) is 0.105. The van der Waals surface area contributed by atoms with Gasteiger partial charge in [-0.1, -0.05) is 219 Å². The van der Waals surface area contributed by atoms with Gasteiger partial charge < -0.3 is 9.80 Å². The minimum Gasteiger partial charge on any atom is -0.311 e. The predicted molar refractivity (Wildman–Crippen MR) is 314 cm³/mol. The van der Waals surface area contributed by atoms with Gasteiger partial charge in [0.1, 0.15) is 0 Å². The summed E-state index contributed by atoms with van der Waals surface area (Å²) in [4.78, 5) is 6.12. The molecule has 0 spiro atoms.